The van der Waals surface area contributed by atoms with Crippen molar-refractivity contribution < 1.29 is 9.94 Å². The highest BCUT2D eigenvalue weighted by Gasteiger charge is 2.07. The van der Waals surface area contributed by atoms with Crippen molar-refractivity contribution in [3.05, 3.63) is 58.6 Å². The molecule has 2 rings (SSSR count). The molecule has 2 aromatic carbocycles. The van der Waals surface area contributed by atoms with Gasteiger partial charge in [-0.3, -0.25) is 0 Å². The summed E-state index contributed by atoms with van der Waals surface area (Å²) in [4.78, 5) is 0. The number of ether oxygens (including phenoxy) is 1. The van der Waals surface area contributed by atoms with E-state index >= 15 is 0 Å². The zero-order valence-electron chi connectivity index (χ0n) is 11.5. The van der Waals surface area contributed by atoms with Crippen molar-refractivity contribution >= 4 is 23.1 Å². The van der Waals surface area contributed by atoms with E-state index in [0.29, 0.717) is 17.1 Å². The monoisotopic (exact) mass is 305 g/mol. The molecule has 0 aliphatic carbocycles. The van der Waals surface area contributed by atoms with Gasteiger partial charge >= 0.3 is 0 Å². The average molecular weight is 306 g/mol. The summed E-state index contributed by atoms with van der Waals surface area (Å²) in [5.74, 6) is 0.778. The van der Waals surface area contributed by atoms with Gasteiger partial charge in [0.1, 0.15) is 5.75 Å². The Hall–Kier alpha value is -2.40. The van der Waals surface area contributed by atoms with Crippen LogP contribution in [-0.4, -0.2) is 18.2 Å². The molecule has 0 saturated heterocycles. The predicted octanol–water partition coefficient (Wildman–Crippen LogP) is 3.06. The van der Waals surface area contributed by atoms with Crippen LogP contribution in [0.3, 0.4) is 0 Å². The molecule has 4 N–H and O–H groups in total. The van der Waals surface area contributed by atoms with Crippen LogP contribution in [0.1, 0.15) is 11.1 Å². The molecule has 21 heavy (non-hydrogen) atoms. The Morgan fingerprint density at radius 3 is 2.81 bits per heavy atom. The average Bonchev–Trinajstić information content (AvgIpc) is 2.52. The van der Waals surface area contributed by atoms with Crippen LogP contribution in [0.25, 0.3) is 0 Å². The molecule has 0 aromatic heterocycles. The summed E-state index contributed by atoms with van der Waals surface area (Å²) in [6, 6.07) is 12.8. The number of nitrogens with two attached hydrogens (primary N) is 1. The first kappa shape index (κ1) is 15.0. The summed E-state index contributed by atoms with van der Waals surface area (Å²) in [7, 11) is 1.60. The van der Waals surface area contributed by atoms with Crippen molar-refractivity contribution in [1.29, 1.82) is 0 Å². The van der Waals surface area contributed by atoms with E-state index in [-0.39, 0.29) is 5.84 Å². The van der Waals surface area contributed by atoms with Crippen LogP contribution < -0.4 is 15.8 Å². The zero-order chi connectivity index (χ0) is 15.2. The Balaban J connectivity index is 2.21. The summed E-state index contributed by atoms with van der Waals surface area (Å²) >= 11 is 5.95. The van der Waals surface area contributed by atoms with Crippen LogP contribution in [0.2, 0.25) is 5.02 Å². The Bertz CT molecular complexity index is 659. The van der Waals surface area contributed by atoms with Gasteiger partial charge in [-0.2, -0.15) is 0 Å². The van der Waals surface area contributed by atoms with E-state index in [0.717, 1.165) is 17.0 Å². The van der Waals surface area contributed by atoms with Gasteiger partial charge in [-0.15, -0.1) is 0 Å². The lowest BCUT2D eigenvalue weighted by Gasteiger charge is -2.12. The largest absolute Gasteiger partial charge is 0.496 e. The minimum Gasteiger partial charge on any atom is -0.496 e. The van der Waals surface area contributed by atoms with Gasteiger partial charge in [-0.1, -0.05) is 22.8 Å². The van der Waals surface area contributed by atoms with Crippen LogP contribution in [0.4, 0.5) is 5.69 Å². The number of halogens is 1. The number of oxime groups is 1. The molecule has 0 aliphatic rings. The quantitative estimate of drug-likeness (QED) is 0.343. The highest BCUT2D eigenvalue weighted by Crippen LogP contribution is 2.22. The maximum absolute atomic E-state index is 8.75. The van der Waals surface area contributed by atoms with E-state index in [1.54, 1.807) is 19.2 Å². The fourth-order valence-corrected chi connectivity index (χ4v) is 2.12. The number of hydrogen-bond acceptors (Lipinski definition) is 4. The number of anilines is 1. The molecule has 0 heterocycles. The summed E-state index contributed by atoms with van der Waals surface area (Å²) in [5, 5.41) is 15.7. The van der Waals surface area contributed by atoms with E-state index < -0.39 is 0 Å². The second kappa shape index (κ2) is 6.85. The normalized spacial score (nSPS) is 11.2. The van der Waals surface area contributed by atoms with Crippen molar-refractivity contribution in [2.75, 3.05) is 12.4 Å². The molecule has 0 atom stereocenters. The Kier molecular flexibility index (Phi) is 4.90. The van der Waals surface area contributed by atoms with Gasteiger partial charge < -0.3 is 21.0 Å². The molecular weight excluding hydrogens is 290 g/mol. The minimum absolute atomic E-state index is 0.0571. The van der Waals surface area contributed by atoms with E-state index in [9.17, 15) is 0 Å². The third-order valence-electron chi connectivity index (χ3n) is 2.99. The van der Waals surface area contributed by atoms with Gasteiger partial charge in [0, 0.05) is 28.4 Å². The lowest BCUT2D eigenvalue weighted by molar-refractivity contribution is 0.318. The number of nitrogens with zero attached hydrogens (tertiary/aromatic N) is 1. The summed E-state index contributed by atoms with van der Waals surface area (Å²) in [5.41, 5.74) is 8.02. The number of hydrogen-bond donors (Lipinski definition) is 3. The van der Waals surface area contributed by atoms with Gasteiger partial charge in [-0.25, -0.2) is 0 Å². The first-order valence-corrected chi connectivity index (χ1v) is 6.66. The third kappa shape index (κ3) is 3.79. The van der Waals surface area contributed by atoms with Crippen molar-refractivity contribution in [3.8, 4) is 5.75 Å². The van der Waals surface area contributed by atoms with Crippen molar-refractivity contribution in [2.45, 2.75) is 6.54 Å². The molecular formula is C15H16ClN3O2. The van der Waals surface area contributed by atoms with Crippen LogP contribution in [0.5, 0.6) is 5.75 Å². The molecule has 0 amide bonds. The molecule has 0 radical (unpaired) electrons. The van der Waals surface area contributed by atoms with E-state index in [2.05, 4.69) is 10.5 Å². The smallest absolute Gasteiger partial charge is 0.170 e. The van der Waals surface area contributed by atoms with Gasteiger partial charge in [0.25, 0.3) is 0 Å². The van der Waals surface area contributed by atoms with Gasteiger partial charge in [0.2, 0.25) is 0 Å². The SMILES string of the molecule is COc1ccc(/C(N)=N/O)cc1CNc1cccc(Cl)c1. The maximum Gasteiger partial charge on any atom is 0.170 e. The molecule has 0 unspecified atom stereocenters. The maximum atomic E-state index is 8.75. The topological polar surface area (TPSA) is 79.9 Å². The molecule has 0 fully saturated rings. The van der Waals surface area contributed by atoms with Crippen LogP contribution in [0, 0.1) is 0 Å². The molecule has 110 valence electrons. The first-order chi connectivity index (χ1) is 10.1. The number of benzene rings is 2. The fraction of sp³-hybridized carbons (Fsp3) is 0.133. The van der Waals surface area contributed by atoms with Crippen molar-refractivity contribution in [2.24, 2.45) is 10.9 Å². The molecule has 2 aromatic rings. The van der Waals surface area contributed by atoms with E-state index in [4.69, 9.17) is 27.3 Å². The second-order valence-electron chi connectivity index (χ2n) is 4.38. The first-order valence-electron chi connectivity index (χ1n) is 6.28. The van der Waals surface area contributed by atoms with Crippen LogP contribution in [0.15, 0.2) is 47.6 Å². The van der Waals surface area contributed by atoms with Crippen molar-refractivity contribution in [3.63, 3.8) is 0 Å². The zero-order valence-corrected chi connectivity index (χ0v) is 12.3. The summed E-state index contributed by atoms with van der Waals surface area (Å²) in [6.07, 6.45) is 0. The van der Waals surface area contributed by atoms with Gasteiger partial charge in [0.15, 0.2) is 5.84 Å². The van der Waals surface area contributed by atoms with Crippen LogP contribution in [-0.2, 0) is 6.54 Å². The predicted molar refractivity (Wildman–Crippen MR) is 84.3 cm³/mol. The fourth-order valence-electron chi connectivity index (χ4n) is 1.93. The standard InChI is InChI=1S/C15H16ClN3O2/c1-21-14-6-5-10(15(17)19-20)7-11(14)9-18-13-4-2-3-12(16)8-13/h2-8,18,20H,9H2,1H3,(H2,17,19). The number of amidine groups is 1. The van der Waals surface area contributed by atoms with Crippen molar-refractivity contribution in [1.82, 2.24) is 0 Å². The summed E-state index contributed by atoms with van der Waals surface area (Å²) in [6.45, 7) is 0.524. The van der Waals surface area contributed by atoms with E-state index in [1.165, 1.54) is 0 Å². The number of rotatable bonds is 5. The third-order valence-corrected chi connectivity index (χ3v) is 3.23. The van der Waals surface area contributed by atoms with E-state index in [1.807, 2.05) is 30.3 Å². The number of nitrogens with one attached hydrogen (secondary N) is 1. The number of methoxy groups -OCH3 is 1. The molecule has 6 heteroatoms. The molecule has 0 spiro atoms. The minimum atomic E-state index is 0.0571. The molecule has 0 bridgehead atoms. The molecule has 0 saturated carbocycles. The highest BCUT2D eigenvalue weighted by atomic mass is 35.5. The molecule has 0 aliphatic heterocycles. The lowest BCUT2D eigenvalue weighted by Crippen LogP contribution is -2.14. The second-order valence-corrected chi connectivity index (χ2v) is 4.81. The Morgan fingerprint density at radius 1 is 1.33 bits per heavy atom. The summed E-state index contributed by atoms with van der Waals surface area (Å²) < 4.78 is 5.32. The van der Waals surface area contributed by atoms with Crippen LogP contribution >= 0.6 is 11.6 Å². The van der Waals surface area contributed by atoms with Gasteiger partial charge in [0.05, 0.1) is 7.11 Å². The highest BCUT2D eigenvalue weighted by molar-refractivity contribution is 6.30. The Labute approximate surface area is 128 Å². The Morgan fingerprint density at radius 2 is 2.14 bits per heavy atom. The lowest BCUT2D eigenvalue weighted by atomic mass is 10.1. The molecule has 5 nitrogen and oxygen atoms in total. The van der Waals surface area contributed by atoms with Gasteiger partial charge in [-0.05, 0) is 36.4 Å².